The number of nitrogens with two attached hydrogens (primary N) is 1. The van der Waals surface area contributed by atoms with E-state index in [9.17, 15) is 4.79 Å². The molecule has 0 saturated heterocycles. The minimum absolute atomic E-state index is 0.260. The molecule has 0 heterocycles. The van der Waals surface area contributed by atoms with E-state index < -0.39 is 0 Å². The lowest BCUT2D eigenvalue weighted by Crippen LogP contribution is -2.10. The van der Waals surface area contributed by atoms with Gasteiger partial charge in [0.05, 0.1) is 7.11 Å². The minimum atomic E-state index is -0.260. The predicted molar refractivity (Wildman–Crippen MR) is 80.2 cm³/mol. The number of anilines is 1. The Balaban J connectivity index is 2.07. The van der Waals surface area contributed by atoms with Crippen LogP contribution < -0.4 is 15.8 Å². The van der Waals surface area contributed by atoms with E-state index in [0.29, 0.717) is 5.70 Å². The number of rotatable bonds is 4. The van der Waals surface area contributed by atoms with Gasteiger partial charge in [0.2, 0.25) is 5.91 Å². The average Bonchev–Trinajstić information content (AvgIpc) is 2.48. The molecule has 102 valence electrons. The van der Waals surface area contributed by atoms with Gasteiger partial charge >= 0.3 is 0 Å². The zero-order valence-electron chi connectivity index (χ0n) is 11.2. The molecule has 0 aliphatic carbocycles. The Morgan fingerprint density at radius 2 is 1.75 bits per heavy atom. The zero-order chi connectivity index (χ0) is 14.4. The van der Waals surface area contributed by atoms with Crippen molar-refractivity contribution in [2.45, 2.75) is 0 Å². The number of hydrogen-bond acceptors (Lipinski definition) is 3. The van der Waals surface area contributed by atoms with Gasteiger partial charge in [-0.3, -0.25) is 4.79 Å². The molecule has 4 nitrogen and oxygen atoms in total. The van der Waals surface area contributed by atoms with E-state index in [1.807, 2.05) is 30.3 Å². The second-order valence-electron chi connectivity index (χ2n) is 4.18. The number of carbonyl (C=O) groups excluding carboxylic acids is 1. The maximum absolute atomic E-state index is 11.8. The molecular formula is C16H16N2O2. The third-order valence-corrected chi connectivity index (χ3v) is 2.75. The summed E-state index contributed by atoms with van der Waals surface area (Å²) in [6, 6.07) is 16.4. The van der Waals surface area contributed by atoms with Gasteiger partial charge < -0.3 is 15.8 Å². The first-order valence-electron chi connectivity index (χ1n) is 6.16. The number of amides is 1. The van der Waals surface area contributed by atoms with E-state index in [2.05, 4.69) is 5.32 Å². The first-order valence-corrected chi connectivity index (χ1v) is 6.16. The maximum atomic E-state index is 11.8. The second kappa shape index (κ2) is 6.43. The van der Waals surface area contributed by atoms with Crippen LogP contribution in [0.2, 0.25) is 0 Å². The first-order chi connectivity index (χ1) is 9.69. The largest absolute Gasteiger partial charge is 0.497 e. The van der Waals surface area contributed by atoms with E-state index in [0.717, 1.165) is 17.0 Å². The summed E-state index contributed by atoms with van der Waals surface area (Å²) >= 11 is 0. The lowest BCUT2D eigenvalue weighted by atomic mass is 10.1. The highest BCUT2D eigenvalue weighted by atomic mass is 16.5. The van der Waals surface area contributed by atoms with E-state index >= 15 is 0 Å². The molecule has 0 aromatic heterocycles. The fraction of sp³-hybridized carbons (Fsp3) is 0.0625. The Morgan fingerprint density at radius 1 is 1.10 bits per heavy atom. The highest BCUT2D eigenvalue weighted by molar-refractivity contribution is 6.03. The van der Waals surface area contributed by atoms with Crippen LogP contribution in [0.1, 0.15) is 5.56 Å². The molecule has 0 atom stereocenters. The van der Waals surface area contributed by atoms with Crippen LogP contribution in [0.3, 0.4) is 0 Å². The van der Waals surface area contributed by atoms with Crippen molar-refractivity contribution in [3.05, 3.63) is 66.2 Å². The van der Waals surface area contributed by atoms with Gasteiger partial charge in [0.25, 0.3) is 0 Å². The lowest BCUT2D eigenvalue weighted by Gasteiger charge is -2.05. The van der Waals surface area contributed by atoms with Gasteiger partial charge in [-0.05, 0) is 42.0 Å². The molecule has 0 spiro atoms. The first kappa shape index (κ1) is 13.7. The molecular weight excluding hydrogens is 252 g/mol. The summed E-state index contributed by atoms with van der Waals surface area (Å²) in [5.41, 5.74) is 7.81. The SMILES string of the molecule is COc1ccc(/C(N)=C/C(=O)Nc2ccccc2)cc1. The van der Waals surface area contributed by atoms with Gasteiger partial charge in [-0.15, -0.1) is 0 Å². The number of methoxy groups -OCH3 is 1. The summed E-state index contributed by atoms with van der Waals surface area (Å²) in [6.07, 6.45) is 1.37. The summed E-state index contributed by atoms with van der Waals surface area (Å²) in [6.45, 7) is 0. The highest BCUT2D eigenvalue weighted by Crippen LogP contribution is 2.15. The number of nitrogens with one attached hydrogen (secondary N) is 1. The van der Waals surface area contributed by atoms with Crippen molar-refractivity contribution in [2.75, 3.05) is 12.4 Å². The lowest BCUT2D eigenvalue weighted by molar-refractivity contribution is -0.111. The summed E-state index contributed by atoms with van der Waals surface area (Å²) in [7, 11) is 1.60. The van der Waals surface area contributed by atoms with Crippen molar-refractivity contribution in [3.8, 4) is 5.75 Å². The number of hydrogen-bond donors (Lipinski definition) is 2. The zero-order valence-corrected chi connectivity index (χ0v) is 11.2. The summed E-state index contributed by atoms with van der Waals surface area (Å²) < 4.78 is 5.07. The number of benzene rings is 2. The highest BCUT2D eigenvalue weighted by Gasteiger charge is 2.02. The van der Waals surface area contributed by atoms with Gasteiger partial charge in [0, 0.05) is 17.5 Å². The Kier molecular flexibility index (Phi) is 4.39. The predicted octanol–water partition coefficient (Wildman–Crippen LogP) is 2.63. The van der Waals surface area contributed by atoms with Crippen molar-refractivity contribution >= 4 is 17.3 Å². The van der Waals surface area contributed by atoms with Gasteiger partial charge in [-0.25, -0.2) is 0 Å². The van der Waals surface area contributed by atoms with Crippen LogP contribution in [-0.2, 0) is 4.79 Å². The number of ether oxygens (including phenoxy) is 1. The van der Waals surface area contributed by atoms with Gasteiger partial charge in [-0.1, -0.05) is 18.2 Å². The molecule has 2 rings (SSSR count). The Labute approximate surface area is 117 Å². The van der Waals surface area contributed by atoms with Crippen molar-refractivity contribution in [1.82, 2.24) is 0 Å². The Hall–Kier alpha value is -2.75. The van der Waals surface area contributed by atoms with E-state index in [4.69, 9.17) is 10.5 Å². The summed E-state index contributed by atoms with van der Waals surface area (Å²) in [4.78, 5) is 11.8. The third-order valence-electron chi connectivity index (χ3n) is 2.75. The van der Waals surface area contributed by atoms with Gasteiger partial charge in [0.1, 0.15) is 5.75 Å². The molecule has 0 radical (unpaired) electrons. The minimum Gasteiger partial charge on any atom is -0.497 e. The van der Waals surface area contributed by atoms with Gasteiger partial charge in [0.15, 0.2) is 0 Å². The smallest absolute Gasteiger partial charge is 0.250 e. The second-order valence-corrected chi connectivity index (χ2v) is 4.18. The third kappa shape index (κ3) is 3.62. The van der Waals surface area contributed by atoms with E-state index in [1.165, 1.54) is 6.08 Å². The molecule has 20 heavy (non-hydrogen) atoms. The van der Waals surface area contributed by atoms with Crippen LogP contribution in [0.25, 0.3) is 5.70 Å². The normalized spacial score (nSPS) is 10.9. The maximum Gasteiger partial charge on any atom is 0.250 e. The van der Waals surface area contributed by atoms with Crippen LogP contribution in [0.15, 0.2) is 60.7 Å². The van der Waals surface area contributed by atoms with Crippen molar-refractivity contribution < 1.29 is 9.53 Å². The van der Waals surface area contributed by atoms with Crippen molar-refractivity contribution in [1.29, 1.82) is 0 Å². The molecule has 2 aromatic carbocycles. The monoisotopic (exact) mass is 268 g/mol. The molecule has 0 unspecified atom stereocenters. The number of para-hydroxylation sites is 1. The van der Waals surface area contributed by atoms with Crippen molar-refractivity contribution in [2.24, 2.45) is 5.73 Å². The molecule has 4 heteroatoms. The van der Waals surface area contributed by atoms with Crippen LogP contribution in [0, 0.1) is 0 Å². The molecule has 0 aliphatic heterocycles. The summed E-state index contributed by atoms with van der Waals surface area (Å²) in [5, 5.41) is 2.75. The van der Waals surface area contributed by atoms with Gasteiger partial charge in [-0.2, -0.15) is 0 Å². The van der Waals surface area contributed by atoms with Crippen LogP contribution in [0.4, 0.5) is 5.69 Å². The molecule has 3 N–H and O–H groups in total. The fourth-order valence-electron chi connectivity index (χ4n) is 1.71. The van der Waals surface area contributed by atoms with Crippen LogP contribution in [-0.4, -0.2) is 13.0 Å². The molecule has 1 amide bonds. The van der Waals surface area contributed by atoms with Crippen LogP contribution >= 0.6 is 0 Å². The topological polar surface area (TPSA) is 64.3 Å². The van der Waals surface area contributed by atoms with Crippen molar-refractivity contribution in [3.63, 3.8) is 0 Å². The molecule has 0 bridgehead atoms. The van der Waals surface area contributed by atoms with E-state index in [1.54, 1.807) is 31.4 Å². The number of carbonyl (C=O) groups is 1. The standard InChI is InChI=1S/C16H16N2O2/c1-20-14-9-7-12(8-10-14)15(17)11-16(19)18-13-5-3-2-4-6-13/h2-11H,17H2,1H3,(H,18,19)/b15-11-. The van der Waals surface area contributed by atoms with E-state index in [-0.39, 0.29) is 5.91 Å². The molecule has 0 saturated carbocycles. The molecule has 2 aromatic rings. The molecule has 0 aliphatic rings. The fourth-order valence-corrected chi connectivity index (χ4v) is 1.71. The summed E-state index contributed by atoms with van der Waals surface area (Å²) in [5.74, 6) is 0.486. The quantitative estimate of drug-likeness (QED) is 0.838. The average molecular weight is 268 g/mol. The molecule has 0 fully saturated rings. The Morgan fingerprint density at radius 3 is 2.35 bits per heavy atom. The van der Waals surface area contributed by atoms with Crippen LogP contribution in [0.5, 0.6) is 5.75 Å². The Bertz CT molecular complexity index is 604.